The second-order valence-electron chi connectivity index (χ2n) is 14.6. The predicted molar refractivity (Wildman–Crippen MR) is 213 cm³/mol. The molecule has 0 spiro atoms. The molecule has 0 atom stereocenters. The fourth-order valence-corrected chi connectivity index (χ4v) is 7.32. The molecule has 59 heavy (non-hydrogen) atoms. The zero-order valence-corrected chi connectivity index (χ0v) is 32.4. The molecule has 2 saturated carbocycles. The van der Waals surface area contributed by atoms with Gasteiger partial charge in [0.25, 0.3) is 11.8 Å². The lowest BCUT2D eigenvalue weighted by atomic mass is 9.64. The molecule has 298 valence electrons. The largest absolute Gasteiger partial charge is 0.383 e. The van der Waals surface area contributed by atoms with E-state index in [9.17, 15) is 0 Å². The molecule has 19 nitrogen and oxygen atoms in total. The van der Waals surface area contributed by atoms with Crippen LogP contribution >= 0.6 is 0 Å². The van der Waals surface area contributed by atoms with Gasteiger partial charge in [0, 0.05) is 38.9 Å². The van der Waals surface area contributed by atoms with Gasteiger partial charge in [0.15, 0.2) is 11.6 Å². The molecule has 19 heteroatoms. The molecule has 4 N–H and O–H groups in total. The Morgan fingerprint density at radius 3 is 1.53 bits per heavy atom. The van der Waals surface area contributed by atoms with Gasteiger partial charge in [-0.2, -0.15) is 20.2 Å². The standard InChI is InChI=1S/C21H22N8O2.C19H18N8O/c1-30-8-7-29-13-14(9-26-29)19-27-20(28-31-19)21(5-2-6-21)15-3-4-16(23-10-15)17-11-25-18(22)12-24-17;1-27-11-12(7-24-27)17-25-18(26-28-17)19(5-2-6-19)13-3-4-14(21-8-13)15-9-23-16(20)10-22-15/h3-4,9-13H,2,5-8H2,1H3,(H2,22,25);3-4,7-11H,2,5-6H2,1H3,(H2,20,23). The highest BCUT2D eigenvalue weighted by Gasteiger charge is 2.46. The molecule has 0 unspecified atom stereocenters. The lowest BCUT2D eigenvalue weighted by molar-refractivity contribution is 0.183. The number of hydrogen-bond donors (Lipinski definition) is 2. The molecular formula is C40H40N16O3. The van der Waals surface area contributed by atoms with Crippen LogP contribution < -0.4 is 11.5 Å². The van der Waals surface area contributed by atoms with Crippen LogP contribution in [0.5, 0.6) is 0 Å². The molecule has 2 aliphatic carbocycles. The van der Waals surface area contributed by atoms with Gasteiger partial charge in [-0.3, -0.25) is 19.3 Å². The van der Waals surface area contributed by atoms with Gasteiger partial charge in [-0.05, 0) is 48.9 Å². The topological polar surface area (TPSA) is 252 Å². The third kappa shape index (κ3) is 7.27. The van der Waals surface area contributed by atoms with E-state index in [1.54, 1.807) is 41.3 Å². The van der Waals surface area contributed by atoms with E-state index in [0.717, 1.165) is 72.2 Å². The summed E-state index contributed by atoms with van der Waals surface area (Å²) in [4.78, 5) is 35.2. The highest BCUT2D eigenvalue weighted by Crippen LogP contribution is 2.49. The van der Waals surface area contributed by atoms with Crippen LogP contribution in [-0.4, -0.2) is 83.5 Å². The van der Waals surface area contributed by atoms with Crippen molar-refractivity contribution in [1.82, 2.24) is 69.7 Å². The summed E-state index contributed by atoms with van der Waals surface area (Å²) in [5, 5.41) is 17.1. The Morgan fingerprint density at radius 1 is 0.610 bits per heavy atom. The minimum absolute atomic E-state index is 0.262. The van der Waals surface area contributed by atoms with Crippen LogP contribution in [0.3, 0.4) is 0 Å². The van der Waals surface area contributed by atoms with Crippen LogP contribution in [0.25, 0.3) is 45.7 Å². The van der Waals surface area contributed by atoms with E-state index >= 15 is 0 Å². The van der Waals surface area contributed by atoms with Gasteiger partial charge in [-0.25, -0.2) is 19.9 Å². The zero-order chi connectivity index (χ0) is 40.4. The molecule has 0 aliphatic heterocycles. The average molecular weight is 793 g/mol. The number of nitrogens with two attached hydrogens (primary N) is 2. The molecule has 10 rings (SSSR count). The minimum Gasteiger partial charge on any atom is -0.383 e. The zero-order valence-electron chi connectivity index (χ0n) is 32.4. The van der Waals surface area contributed by atoms with Gasteiger partial charge in [0.1, 0.15) is 23.0 Å². The molecule has 2 fully saturated rings. The summed E-state index contributed by atoms with van der Waals surface area (Å²) in [5.41, 5.74) is 17.3. The average Bonchev–Trinajstić information content (AvgIpc) is 4.07. The van der Waals surface area contributed by atoms with Crippen molar-refractivity contribution in [2.24, 2.45) is 7.05 Å². The van der Waals surface area contributed by atoms with Crippen LogP contribution in [-0.2, 0) is 29.2 Å². The highest BCUT2D eigenvalue weighted by atomic mass is 16.5. The number of aryl methyl sites for hydroxylation is 1. The van der Waals surface area contributed by atoms with Crippen LogP contribution in [0, 0.1) is 0 Å². The van der Waals surface area contributed by atoms with Crippen molar-refractivity contribution in [2.45, 2.75) is 55.9 Å². The van der Waals surface area contributed by atoms with E-state index in [-0.39, 0.29) is 10.8 Å². The van der Waals surface area contributed by atoms with E-state index in [0.29, 0.717) is 59.6 Å². The molecule has 8 aromatic heterocycles. The summed E-state index contributed by atoms with van der Waals surface area (Å²) in [7, 11) is 3.52. The van der Waals surface area contributed by atoms with Crippen molar-refractivity contribution in [3.05, 3.63) is 109 Å². The number of ether oxygens (including phenoxy) is 1. The quantitative estimate of drug-likeness (QED) is 0.177. The van der Waals surface area contributed by atoms with E-state index in [2.05, 4.69) is 67.5 Å². The molecule has 2 aliphatic rings. The van der Waals surface area contributed by atoms with Gasteiger partial charge >= 0.3 is 0 Å². The SMILES string of the molecule is COCCn1cc(-c2nc(C3(c4ccc(-c5cnc(N)cn5)nc4)CCC3)no2)cn1.Cn1cc(-c2nc(C3(c4ccc(-c5cnc(N)cn5)nc4)CCC3)no2)cn1. The Balaban J connectivity index is 0.000000153. The Bertz CT molecular complexity index is 2640. The summed E-state index contributed by atoms with van der Waals surface area (Å²) in [6.45, 7) is 1.25. The minimum atomic E-state index is -0.286. The molecule has 0 radical (unpaired) electrons. The fraction of sp³-hybridized carbons (Fsp3) is 0.300. The number of nitrogens with zero attached hydrogens (tertiary/aromatic N) is 14. The number of anilines is 2. The van der Waals surface area contributed by atoms with Gasteiger partial charge in [-0.1, -0.05) is 35.3 Å². The van der Waals surface area contributed by atoms with Crippen LogP contribution in [0.1, 0.15) is 61.3 Å². The first-order chi connectivity index (χ1) is 28.8. The van der Waals surface area contributed by atoms with Crippen molar-refractivity contribution in [2.75, 3.05) is 25.2 Å². The summed E-state index contributed by atoms with van der Waals surface area (Å²) >= 11 is 0. The van der Waals surface area contributed by atoms with Crippen LogP contribution in [0.2, 0.25) is 0 Å². The molecule has 0 aromatic carbocycles. The van der Waals surface area contributed by atoms with Crippen molar-refractivity contribution < 1.29 is 13.8 Å². The Kier molecular flexibility index (Phi) is 9.85. The molecule has 0 amide bonds. The Hall–Kier alpha value is -7.28. The fourth-order valence-electron chi connectivity index (χ4n) is 7.32. The van der Waals surface area contributed by atoms with Crippen LogP contribution in [0.4, 0.5) is 11.6 Å². The van der Waals surface area contributed by atoms with E-state index in [1.807, 2.05) is 44.0 Å². The number of pyridine rings is 2. The normalized spacial score (nSPS) is 15.2. The molecular weight excluding hydrogens is 753 g/mol. The smallest absolute Gasteiger partial charge is 0.261 e. The van der Waals surface area contributed by atoms with Crippen molar-refractivity contribution in [3.8, 4) is 45.7 Å². The van der Waals surface area contributed by atoms with Gasteiger partial charge < -0.3 is 25.3 Å². The highest BCUT2D eigenvalue weighted by molar-refractivity contribution is 5.56. The third-order valence-corrected chi connectivity index (χ3v) is 11.0. The van der Waals surface area contributed by atoms with E-state index in [1.165, 1.54) is 12.4 Å². The number of nitrogen functional groups attached to an aromatic ring is 2. The monoisotopic (exact) mass is 792 g/mol. The molecule has 0 bridgehead atoms. The summed E-state index contributed by atoms with van der Waals surface area (Å²) in [6.07, 6.45) is 23.2. The van der Waals surface area contributed by atoms with Crippen molar-refractivity contribution in [1.29, 1.82) is 0 Å². The maximum absolute atomic E-state index is 5.62. The van der Waals surface area contributed by atoms with Crippen LogP contribution in [0.15, 0.2) is 95.3 Å². The number of hydrogen-bond acceptors (Lipinski definition) is 17. The summed E-state index contributed by atoms with van der Waals surface area (Å²) < 4.78 is 19.7. The molecule has 8 aromatic rings. The third-order valence-electron chi connectivity index (χ3n) is 11.0. The number of rotatable bonds is 11. The van der Waals surface area contributed by atoms with Gasteiger partial charge in [-0.15, -0.1) is 0 Å². The lowest BCUT2D eigenvalue weighted by Crippen LogP contribution is -2.36. The van der Waals surface area contributed by atoms with Crippen molar-refractivity contribution in [3.63, 3.8) is 0 Å². The maximum atomic E-state index is 5.62. The maximum Gasteiger partial charge on any atom is 0.261 e. The van der Waals surface area contributed by atoms with Crippen molar-refractivity contribution >= 4 is 11.6 Å². The second kappa shape index (κ2) is 15.6. The summed E-state index contributed by atoms with van der Waals surface area (Å²) in [6, 6.07) is 7.99. The van der Waals surface area contributed by atoms with E-state index in [4.69, 9.17) is 30.2 Å². The first kappa shape index (κ1) is 37.3. The first-order valence-electron chi connectivity index (χ1n) is 19.1. The Labute approximate surface area is 337 Å². The number of methoxy groups -OCH3 is 1. The molecule has 8 heterocycles. The van der Waals surface area contributed by atoms with Gasteiger partial charge in [0.2, 0.25) is 0 Å². The second-order valence-corrected chi connectivity index (χ2v) is 14.6. The number of aromatic nitrogens is 14. The Morgan fingerprint density at radius 2 is 1.12 bits per heavy atom. The van der Waals surface area contributed by atoms with Gasteiger partial charge in [0.05, 0.1) is 83.7 Å². The summed E-state index contributed by atoms with van der Waals surface area (Å²) in [5.74, 6) is 3.09. The predicted octanol–water partition coefficient (Wildman–Crippen LogP) is 4.86. The lowest BCUT2D eigenvalue weighted by Gasteiger charge is -2.39. The van der Waals surface area contributed by atoms with E-state index < -0.39 is 0 Å². The first-order valence-corrected chi connectivity index (χ1v) is 19.1. The molecule has 0 saturated heterocycles.